The zero-order valence-corrected chi connectivity index (χ0v) is 13.5. The highest BCUT2D eigenvalue weighted by atomic mass is 16.2. The number of aliphatic hydroxyl groups is 1. The van der Waals surface area contributed by atoms with Crippen molar-refractivity contribution in [2.24, 2.45) is 0 Å². The Morgan fingerprint density at radius 3 is 2.50 bits per heavy atom. The van der Waals surface area contributed by atoms with Gasteiger partial charge in [-0.05, 0) is 36.5 Å². The Morgan fingerprint density at radius 1 is 1.05 bits per heavy atom. The van der Waals surface area contributed by atoms with E-state index in [1.165, 1.54) is 5.56 Å². The van der Waals surface area contributed by atoms with E-state index in [2.05, 4.69) is 61.6 Å². The molecule has 1 heterocycles. The molecule has 0 radical (unpaired) electrons. The van der Waals surface area contributed by atoms with E-state index >= 15 is 0 Å². The van der Waals surface area contributed by atoms with Crippen molar-refractivity contribution in [2.75, 3.05) is 6.61 Å². The van der Waals surface area contributed by atoms with Crippen LogP contribution in [0.5, 0.6) is 0 Å². The average molecular weight is 298 g/mol. The molecule has 2 aromatic rings. The number of hydrogen-bond acceptors (Lipinski definition) is 3. The number of aromatic nitrogens is 1. The first-order valence-corrected chi connectivity index (χ1v) is 8.05. The minimum absolute atomic E-state index is 0.228. The van der Waals surface area contributed by atoms with Crippen molar-refractivity contribution in [3.63, 3.8) is 0 Å². The molecule has 0 aliphatic heterocycles. The van der Waals surface area contributed by atoms with Gasteiger partial charge in [-0.3, -0.25) is 4.98 Å². The van der Waals surface area contributed by atoms with Crippen LogP contribution >= 0.6 is 0 Å². The molecule has 0 aliphatic rings. The van der Waals surface area contributed by atoms with Crippen LogP contribution in [0.2, 0.25) is 0 Å². The van der Waals surface area contributed by atoms with Crippen molar-refractivity contribution in [3.05, 3.63) is 65.5 Å². The monoisotopic (exact) mass is 298 g/mol. The van der Waals surface area contributed by atoms with Crippen LogP contribution in [0.1, 0.15) is 55.6 Å². The smallest absolute Gasteiger partial charge is 0.0545 e. The minimum atomic E-state index is 0.228. The predicted octanol–water partition coefficient (Wildman–Crippen LogP) is 3.81. The lowest BCUT2D eigenvalue weighted by molar-refractivity contribution is 0.274. The lowest BCUT2D eigenvalue weighted by atomic mass is 10.0. The van der Waals surface area contributed by atoms with Crippen LogP contribution in [0.15, 0.2) is 48.5 Å². The number of nitrogens with zero attached hydrogens (tertiary/aromatic N) is 1. The topological polar surface area (TPSA) is 45.1 Å². The highest BCUT2D eigenvalue weighted by Crippen LogP contribution is 2.19. The summed E-state index contributed by atoms with van der Waals surface area (Å²) in [6, 6.07) is 16.9. The maximum Gasteiger partial charge on any atom is 0.0545 e. The van der Waals surface area contributed by atoms with Crippen molar-refractivity contribution in [2.45, 2.75) is 45.2 Å². The summed E-state index contributed by atoms with van der Waals surface area (Å²) in [5, 5.41) is 12.7. The number of aliphatic hydroxyl groups excluding tert-OH is 1. The fourth-order valence-corrected chi connectivity index (χ4v) is 2.51. The van der Waals surface area contributed by atoms with Gasteiger partial charge >= 0.3 is 0 Å². The second-order valence-corrected chi connectivity index (χ2v) is 5.92. The van der Waals surface area contributed by atoms with Crippen molar-refractivity contribution < 1.29 is 5.11 Å². The Kier molecular flexibility index (Phi) is 6.56. The van der Waals surface area contributed by atoms with Gasteiger partial charge in [0.15, 0.2) is 0 Å². The summed E-state index contributed by atoms with van der Waals surface area (Å²) in [5.41, 5.74) is 3.46. The Hall–Kier alpha value is -1.71. The lowest BCUT2D eigenvalue weighted by Gasteiger charge is -2.19. The summed E-state index contributed by atoms with van der Waals surface area (Å²) in [5.74, 6) is 0.444. The molecule has 0 spiro atoms. The summed E-state index contributed by atoms with van der Waals surface area (Å²) in [4.78, 5) is 4.71. The summed E-state index contributed by atoms with van der Waals surface area (Å²) < 4.78 is 0. The van der Waals surface area contributed by atoms with Gasteiger partial charge in [0.05, 0.1) is 5.69 Å². The molecule has 3 nitrogen and oxygen atoms in total. The second-order valence-electron chi connectivity index (χ2n) is 5.92. The van der Waals surface area contributed by atoms with Gasteiger partial charge in [-0.15, -0.1) is 0 Å². The fourth-order valence-electron chi connectivity index (χ4n) is 2.51. The van der Waals surface area contributed by atoms with Gasteiger partial charge in [0.1, 0.15) is 0 Å². The fraction of sp³-hybridized carbons (Fsp3) is 0.421. The van der Waals surface area contributed by atoms with Gasteiger partial charge < -0.3 is 10.4 Å². The highest BCUT2D eigenvalue weighted by Gasteiger charge is 2.11. The van der Waals surface area contributed by atoms with E-state index in [1.807, 2.05) is 6.07 Å². The van der Waals surface area contributed by atoms with Crippen LogP contribution < -0.4 is 5.32 Å². The van der Waals surface area contributed by atoms with Gasteiger partial charge in [-0.25, -0.2) is 0 Å². The Balaban J connectivity index is 2.03. The molecule has 22 heavy (non-hydrogen) atoms. The van der Waals surface area contributed by atoms with Crippen LogP contribution in [0, 0.1) is 0 Å². The minimum Gasteiger partial charge on any atom is -0.396 e. The first-order chi connectivity index (χ1) is 10.7. The largest absolute Gasteiger partial charge is 0.396 e. The zero-order valence-electron chi connectivity index (χ0n) is 13.5. The summed E-state index contributed by atoms with van der Waals surface area (Å²) in [6.07, 6.45) is 1.72. The molecule has 0 fully saturated rings. The molecule has 0 bridgehead atoms. The Bertz CT molecular complexity index is 554. The maximum atomic E-state index is 9.10. The van der Waals surface area contributed by atoms with Gasteiger partial charge in [0.2, 0.25) is 0 Å². The summed E-state index contributed by atoms with van der Waals surface area (Å²) >= 11 is 0. The van der Waals surface area contributed by atoms with Crippen LogP contribution in [0.3, 0.4) is 0 Å². The molecule has 1 unspecified atom stereocenters. The quantitative estimate of drug-likeness (QED) is 0.779. The van der Waals surface area contributed by atoms with Crippen molar-refractivity contribution in [3.8, 4) is 0 Å². The number of nitrogens with one attached hydrogen (secondary N) is 1. The van der Waals surface area contributed by atoms with Gasteiger partial charge in [-0.1, -0.05) is 50.2 Å². The molecule has 3 heteroatoms. The second kappa shape index (κ2) is 8.66. The van der Waals surface area contributed by atoms with Gasteiger partial charge in [0.25, 0.3) is 0 Å². The molecule has 1 atom stereocenters. The lowest BCUT2D eigenvalue weighted by Crippen LogP contribution is -2.22. The maximum absolute atomic E-state index is 9.10. The summed E-state index contributed by atoms with van der Waals surface area (Å²) in [6.45, 7) is 5.29. The number of pyridine rings is 1. The Labute approximate surface area is 133 Å². The molecule has 0 saturated carbocycles. The molecule has 0 aliphatic carbocycles. The van der Waals surface area contributed by atoms with Gasteiger partial charge in [0, 0.05) is 24.9 Å². The number of rotatable bonds is 8. The van der Waals surface area contributed by atoms with E-state index in [1.54, 1.807) is 0 Å². The third-order valence-corrected chi connectivity index (χ3v) is 3.80. The number of benzene rings is 1. The van der Waals surface area contributed by atoms with Crippen molar-refractivity contribution in [1.29, 1.82) is 0 Å². The first kappa shape index (κ1) is 16.7. The molecule has 1 aromatic carbocycles. The Morgan fingerprint density at radius 2 is 1.82 bits per heavy atom. The molecule has 2 N–H and O–H groups in total. The molecule has 1 aromatic heterocycles. The van der Waals surface area contributed by atoms with Crippen LogP contribution in [0.4, 0.5) is 0 Å². The molecular weight excluding hydrogens is 272 g/mol. The van der Waals surface area contributed by atoms with Crippen molar-refractivity contribution >= 4 is 0 Å². The molecule has 2 rings (SSSR count). The van der Waals surface area contributed by atoms with E-state index in [0.29, 0.717) is 5.92 Å². The molecule has 0 amide bonds. The molecular formula is C19H26N2O. The first-order valence-electron chi connectivity index (χ1n) is 8.05. The predicted molar refractivity (Wildman–Crippen MR) is 90.7 cm³/mol. The molecule has 118 valence electrons. The van der Waals surface area contributed by atoms with E-state index in [0.717, 1.165) is 30.8 Å². The van der Waals surface area contributed by atoms with E-state index in [9.17, 15) is 0 Å². The zero-order chi connectivity index (χ0) is 15.8. The highest BCUT2D eigenvalue weighted by molar-refractivity contribution is 5.19. The van der Waals surface area contributed by atoms with E-state index < -0.39 is 0 Å². The standard InChI is InChI=1S/C19H26N2O/c1-15(2)18-11-6-10-17(21-18)14-20-19(12-7-13-22)16-8-4-3-5-9-16/h3-6,8-11,15,19-20,22H,7,12-14H2,1-2H3. The number of hydrogen-bond donors (Lipinski definition) is 2. The van der Waals surface area contributed by atoms with E-state index in [4.69, 9.17) is 10.1 Å². The van der Waals surface area contributed by atoms with Crippen LogP contribution in [-0.4, -0.2) is 16.7 Å². The third kappa shape index (κ3) is 4.93. The average Bonchev–Trinajstić information content (AvgIpc) is 2.56. The van der Waals surface area contributed by atoms with Crippen LogP contribution in [-0.2, 0) is 6.54 Å². The third-order valence-electron chi connectivity index (χ3n) is 3.80. The normalized spacial score (nSPS) is 12.5. The summed E-state index contributed by atoms with van der Waals surface area (Å²) in [7, 11) is 0. The van der Waals surface area contributed by atoms with Gasteiger partial charge in [-0.2, -0.15) is 0 Å². The SMILES string of the molecule is CC(C)c1cccc(CNC(CCCO)c2ccccc2)n1. The van der Waals surface area contributed by atoms with Crippen molar-refractivity contribution in [1.82, 2.24) is 10.3 Å². The van der Waals surface area contributed by atoms with E-state index in [-0.39, 0.29) is 12.6 Å². The molecule has 0 saturated heterocycles. The van der Waals surface area contributed by atoms with Crippen LogP contribution in [0.25, 0.3) is 0 Å².